The van der Waals surface area contributed by atoms with Gasteiger partial charge in [0.15, 0.2) is 5.69 Å². The van der Waals surface area contributed by atoms with E-state index in [1.54, 1.807) is 20.8 Å². The molecule has 0 aliphatic heterocycles. The molecule has 0 aliphatic rings. The van der Waals surface area contributed by atoms with Gasteiger partial charge in [-0.15, -0.1) is 11.3 Å². The van der Waals surface area contributed by atoms with Gasteiger partial charge in [0.25, 0.3) is 5.91 Å². The Morgan fingerprint density at radius 2 is 1.52 bits per heavy atom. The maximum Gasteiger partial charge on any atom is 0.416 e. The standard InChI is InChI=1S/C19H18F6N2O3S/c1-17(2,3)27(8-14-26-13(9-31-14)16(29)30-4)15(28)10-5-11(18(20,21)22)7-12(6-10)19(23,24)25/h5-7,9H,8H2,1-4H3. The van der Waals surface area contributed by atoms with Crippen molar-refractivity contribution in [1.82, 2.24) is 9.88 Å². The van der Waals surface area contributed by atoms with E-state index in [0.717, 1.165) is 23.3 Å². The predicted octanol–water partition coefficient (Wildman–Crippen LogP) is 5.41. The Balaban J connectivity index is 2.50. The lowest BCUT2D eigenvalue weighted by Crippen LogP contribution is -2.45. The van der Waals surface area contributed by atoms with Gasteiger partial charge < -0.3 is 9.64 Å². The van der Waals surface area contributed by atoms with Crippen LogP contribution in [0.2, 0.25) is 0 Å². The number of esters is 1. The van der Waals surface area contributed by atoms with Crippen LogP contribution in [0, 0.1) is 0 Å². The van der Waals surface area contributed by atoms with Crippen LogP contribution in [-0.4, -0.2) is 34.4 Å². The summed E-state index contributed by atoms with van der Waals surface area (Å²) in [6.45, 7) is 4.47. The molecule has 0 atom stereocenters. The van der Waals surface area contributed by atoms with E-state index in [-0.39, 0.29) is 23.3 Å². The van der Waals surface area contributed by atoms with Crippen molar-refractivity contribution in [2.24, 2.45) is 0 Å². The molecule has 1 heterocycles. The Labute approximate surface area is 177 Å². The largest absolute Gasteiger partial charge is 0.464 e. The summed E-state index contributed by atoms with van der Waals surface area (Å²) in [5, 5.41) is 1.63. The Bertz CT molecular complexity index is 944. The van der Waals surface area contributed by atoms with Gasteiger partial charge in [0.1, 0.15) is 5.01 Å². The Hall–Kier alpha value is -2.63. The summed E-state index contributed by atoms with van der Waals surface area (Å²) in [7, 11) is 1.15. The number of hydrogen-bond donors (Lipinski definition) is 0. The minimum atomic E-state index is -5.08. The highest BCUT2D eigenvalue weighted by Crippen LogP contribution is 2.37. The van der Waals surface area contributed by atoms with E-state index in [0.29, 0.717) is 12.1 Å². The predicted molar refractivity (Wildman–Crippen MR) is 99.5 cm³/mol. The molecule has 12 heteroatoms. The molecule has 0 saturated heterocycles. The number of carbonyl (C=O) groups excluding carboxylic acids is 2. The molecule has 31 heavy (non-hydrogen) atoms. The number of nitrogens with zero attached hydrogens (tertiary/aromatic N) is 2. The van der Waals surface area contributed by atoms with Crippen molar-refractivity contribution in [3.8, 4) is 0 Å². The van der Waals surface area contributed by atoms with Crippen molar-refractivity contribution in [3.63, 3.8) is 0 Å². The molecular formula is C19H18F6N2O3S. The smallest absolute Gasteiger partial charge is 0.416 e. The molecule has 0 saturated carbocycles. The van der Waals surface area contributed by atoms with Crippen LogP contribution in [-0.2, 0) is 23.6 Å². The number of methoxy groups -OCH3 is 1. The van der Waals surface area contributed by atoms with Gasteiger partial charge in [-0.3, -0.25) is 4.79 Å². The van der Waals surface area contributed by atoms with E-state index in [2.05, 4.69) is 9.72 Å². The molecule has 170 valence electrons. The first-order valence-corrected chi connectivity index (χ1v) is 9.56. The second-order valence-electron chi connectivity index (χ2n) is 7.47. The highest BCUT2D eigenvalue weighted by molar-refractivity contribution is 7.09. The summed E-state index contributed by atoms with van der Waals surface area (Å²) in [5.74, 6) is -1.76. The zero-order chi connectivity index (χ0) is 23.8. The van der Waals surface area contributed by atoms with Crippen LogP contribution < -0.4 is 0 Å². The van der Waals surface area contributed by atoms with E-state index in [4.69, 9.17) is 0 Å². The summed E-state index contributed by atoms with van der Waals surface area (Å²) in [5.41, 5.74) is -4.94. The van der Waals surface area contributed by atoms with E-state index in [1.165, 1.54) is 5.38 Å². The second kappa shape index (κ2) is 8.48. The molecule has 1 aromatic carbocycles. The molecule has 0 radical (unpaired) electrons. The van der Waals surface area contributed by atoms with E-state index >= 15 is 0 Å². The van der Waals surface area contributed by atoms with E-state index in [9.17, 15) is 35.9 Å². The SMILES string of the molecule is COC(=O)c1csc(CN(C(=O)c2cc(C(F)(F)F)cc(C(F)(F)F)c2)C(C)(C)C)n1. The third-order valence-corrected chi connectivity index (χ3v) is 4.96. The lowest BCUT2D eigenvalue weighted by Gasteiger charge is -2.35. The zero-order valence-corrected chi connectivity index (χ0v) is 17.6. The molecule has 1 amide bonds. The lowest BCUT2D eigenvalue weighted by atomic mass is 10.0. The van der Waals surface area contributed by atoms with Gasteiger partial charge in [-0.05, 0) is 39.0 Å². The molecule has 0 fully saturated rings. The van der Waals surface area contributed by atoms with Crippen LogP contribution in [0.4, 0.5) is 26.3 Å². The molecule has 0 aliphatic carbocycles. The fourth-order valence-corrected chi connectivity index (χ4v) is 3.32. The van der Waals surface area contributed by atoms with Crippen LogP contribution in [0.15, 0.2) is 23.6 Å². The van der Waals surface area contributed by atoms with Crippen molar-refractivity contribution in [2.45, 2.75) is 45.2 Å². The number of alkyl halides is 6. The number of aromatic nitrogens is 1. The molecule has 2 aromatic rings. The van der Waals surface area contributed by atoms with Crippen molar-refractivity contribution >= 4 is 23.2 Å². The average molecular weight is 468 g/mol. The molecule has 0 unspecified atom stereocenters. The first kappa shape index (κ1) is 24.6. The minimum Gasteiger partial charge on any atom is -0.464 e. The number of amides is 1. The van der Waals surface area contributed by atoms with Gasteiger partial charge in [-0.25, -0.2) is 9.78 Å². The van der Waals surface area contributed by atoms with Gasteiger partial charge in [0.05, 0.1) is 24.8 Å². The Morgan fingerprint density at radius 1 is 1.00 bits per heavy atom. The fraction of sp³-hybridized carbons (Fsp3) is 0.421. The van der Waals surface area contributed by atoms with Gasteiger partial charge in [-0.2, -0.15) is 26.3 Å². The summed E-state index contributed by atoms with van der Waals surface area (Å²) in [6, 6.07) is 0.734. The van der Waals surface area contributed by atoms with Crippen molar-refractivity contribution < 1.29 is 40.7 Å². The topological polar surface area (TPSA) is 59.5 Å². The normalized spacial score (nSPS) is 12.6. The number of benzene rings is 1. The average Bonchev–Trinajstić information content (AvgIpc) is 3.11. The third-order valence-electron chi connectivity index (χ3n) is 4.13. The Kier molecular flexibility index (Phi) is 6.74. The molecule has 2 rings (SSSR count). The van der Waals surface area contributed by atoms with Gasteiger partial charge in [0.2, 0.25) is 0 Å². The maximum atomic E-state index is 13.1. The first-order valence-electron chi connectivity index (χ1n) is 8.68. The van der Waals surface area contributed by atoms with Gasteiger partial charge in [0, 0.05) is 16.5 Å². The van der Waals surface area contributed by atoms with Crippen LogP contribution in [0.25, 0.3) is 0 Å². The van der Waals surface area contributed by atoms with Gasteiger partial charge in [-0.1, -0.05) is 0 Å². The fourth-order valence-electron chi connectivity index (χ4n) is 2.56. The van der Waals surface area contributed by atoms with Crippen LogP contribution in [0.1, 0.15) is 57.8 Å². The van der Waals surface area contributed by atoms with Gasteiger partial charge >= 0.3 is 18.3 Å². The molecule has 0 spiro atoms. The molecule has 1 aromatic heterocycles. The summed E-state index contributed by atoms with van der Waals surface area (Å²) < 4.78 is 83.4. The highest BCUT2D eigenvalue weighted by atomic mass is 32.1. The maximum absolute atomic E-state index is 13.1. The number of halogens is 6. The van der Waals surface area contributed by atoms with Crippen molar-refractivity contribution in [2.75, 3.05) is 7.11 Å². The summed E-state index contributed by atoms with van der Waals surface area (Å²) in [6.07, 6.45) is -10.2. The molecular weight excluding hydrogens is 450 g/mol. The van der Waals surface area contributed by atoms with Crippen molar-refractivity contribution in [1.29, 1.82) is 0 Å². The minimum absolute atomic E-state index is 0.0257. The number of ether oxygens (including phenoxy) is 1. The Morgan fingerprint density at radius 3 is 1.94 bits per heavy atom. The second-order valence-corrected chi connectivity index (χ2v) is 8.42. The first-order chi connectivity index (χ1) is 14.0. The van der Waals surface area contributed by atoms with Crippen molar-refractivity contribution in [3.05, 3.63) is 51.0 Å². The van der Waals surface area contributed by atoms with Crippen LogP contribution in [0.3, 0.4) is 0 Å². The molecule has 0 bridgehead atoms. The number of thiazole rings is 1. The summed E-state index contributed by atoms with van der Waals surface area (Å²) in [4.78, 5) is 29.7. The zero-order valence-electron chi connectivity index (χ0n) is 16.8. The third kappa shape index (κ3) is 5.96. The van der Waals surface area contributed by atoms with E-state index < -0.39 is 46.5 Å². The van der Waals surface area contributed by atoms with Crippen LogP contribution >= 0.6 is 11.3 Å². The number of hydrogen-bond acceptors (Lipinski definition) is 5. The lowest BCUT2D eigenvalue weighted by molar-refractivity contribution is -0.143. The number of carbonyl (C=O) groups is 2. The monoisotopic (exact) mass is 468 g/mol. The highest BCUT2D eigenvalue weighted by Gasteiger charge is 2.39. The quantitative estimate of drug-likeness (QED) is 0.445. The summed E-state index contributed by atoms with van der Waals surface area (Å²) >= 11 is 0.999. The van der Waals surface area contributed by atoms with Crippen LogP contribution in [0.5, 0.6) is 0 Å². The molecule has 5 nitrogen and oxygen atoms in total. The number of rotatable bonds is 4. The van der Waals surface area contributed by atoms with E-state index in [1.807, 2.05) is 0 Å². The molecule has 0 N–H and O–H groups in total.